The number of aryl methyl sites for hydroxylation is 1. The average molecular weight is 221 g/mol. The van der Waals surface area contributed by atoms with Crippen LogP contribution in [0.4, 0.5) is 0 Å². The van der Waals surface area contributed by atoms with Gasteiger partial charge in [0, 0.05) is 0 Å². The summed E-state index contributed by atoms with van der Waals surface area (Å²) in [5, 5.41) is 0. The van der Waals surface area contributed by atoms with Crippen LogP contribution >= 0.6 is 0 Å². The van der Waals surface area contributed by atoms with E-state index in [-0.39, 0.29) is 5.41 Å². The molecule has 0 aliphatic rings. The standard InChI is InChI=1S/C14H23NO/c1-12-6-4-7-13(10-12)16-9-5-8-14(2,3)11-15/h4,6-7,10H,5,8-9,11,15H2,1-3H3. The van der Waals surface area contributed by atoms with Crippen molar-refractivity contribution in [3.05, 3.63) is 29.8 Å². The van der Waals surface area contributed by atoms with E-state index in [1.54, 1.807) is 0 Å². The van der Waals surface area contributed by atoms with Gasteiger partial charge in [0.1, 0.15) is 5.75 Å². The largest absolute Gasteiger partial charge is 0.494 e. The van der Waals surface area contributed by atoms with Gasteiger partial charge in [0.25, 0.3) is 0 Å². The summed E-state index contributed by atoms with van der Waals surface area (Å²) in [7, 11) is 0. The molecule has 0 saturated heterocycles. The number of hydrogen-bond acceptors (Lipinski definition) is 2. The second-order valence-electron chi connectivity index (χ2n) is 5.14. The van der Waals surface area contributed by atoms with Gasteiger partial charge in [-0.3, -0.25) is 0 Å². The summed E-state index contributed by atoms with van der Waals surface area (Å²) in [4.78, 5) is 0. The second-order valence-corrected chi connectivity index (χ2v) is 5.14. The van der Waals surface area contributed by atoms with Gasteiger partial charge in [-0.15, -0.1) is 0 Å². The van der Waals surface area contributed by atoms with E-state index in [4.69, 9.17) is 10.5 Å². The minimum absolute atomic E-state index is 0.232. The van der Waals surface area contributed by atoms with Crippen molar-refractivity contribution in [2.45, 2.75) is 33.6 Å². The second kappa shape index (κ2) is 5.90. The molecular weight excluding hydrogens is 198 g/mol. The molecule has 0 spiro atoms. The lowest BCUT2D eigenvalue weighted by atomic mass is 9.88. The molecule has 1 aromatic rings. The van der Waals surface area contributed by atoms with E-state index in [1.807, 2.05) is 12.1 Å². The Kier molecular flexibility index (Phi) is 4.81. The predicted molar refractivity (Wildman–Crippen MR) is 68.7 cm³/mol. The molecule has 0 saturated carbocycles. The minimum atomic E-state index is 0.232. The van der Waals surface area contributed by atoms with E-state index < -0.39 is 0 Å². The van der Waals surface area contributed by atoms with Crippen LogP contribution in [0.2, 0.25) is 0 Å². The smallest absolute Gasteiger partial charge is 0.119 e. The normalized spacial score (nSPS) is 11.5. The first kappa shape index (κ1) is 13.0. The average Bonchev–Trinajstić information content (AvgIpc) is 2.25. The first-order valence-electron chi connectivity index (χ1n) is 5.93. The summed E-state index contributed by atoms with van der Waals surface area (Å²) in [6.07, 6.45) is 2.16. The molecule has 0 aliphatic heterocycles. The number of hydrogen-bond donors (Lipinski definition) is 1. The Morgan fingerprint density at radius 3 is 2.69 bits per heavy atom. The Balaban J connectivity index is 2.26. The molecule has 90 valence electrons. The number of rotatable bonds is 6. The van der Waals surface area contributed by atoms with E-state index in [1.165, 1.54) is 5.56 Å². The van der Waals surface area contributed by atoms with Gasteiger partial charge in [-0.25, -0.2) is 0 Å². The van der Waals surface area contributed by atoms with Gasteiger partial charge >= 0.3 is 0 Å². The highest BCUT2D eigenvalue weighted by molar-refractivity contribution is 5.27. The van der Waals surface area contributed by atoms with Gasteiger partial charge in [-0.2, -0.15) is 0 Å². The molecular formula is C14H23NO. The van der Waals surface area contributed by atoms with Gasteiger partial charge < -0.3 is 10.5 Å². The molecule has 0 bridgehead atoms. The van der Waals surface area contributed by atoms with Crippen LogP contribution in [0.15, 0.2) is 24.3 Å². The quantitative estimate of drug-likeness (QED) is 0.749. The Hall–Kier alpha value is -1.02. The lowest BCUT2D eigenvalue weighted by Gasteiger charge is -2.21. The maximum absolute atomic E-state index is 5.69. The first-order valence-corrected chi connectivity index (χ1v) is 5.93. The van der Waals surface area contributed by atoms with E-state index in [9.17, 15) is 0 Å². The molecule has 1 rings (SSSR count). The molecule has 16 heavy (non-hydrogen) atoms. The van der Waals surface area contributed by atoms with Crippen molar-refractivity contribution in [2.24, 2.45) is 11.1 Å². The molecule has 0 aliphatic carbocycles. The van der Waals surface area contributed by atoms with Gasteiger partial charge in [0.15, 0.2) is 0 Å². The summed E-state index contributed by atoms with van der Waals surface area (Å²) in [5.74, 6) is 0.963. The Morgan fingerprint density at radius 1 is 1.31 bits per heavy atom. The zero-order chi connectivity index (χ0) is 12.0. The molecule has 1 aromatic carbocycles. The summed E-state index contributed by atoms with van der Waals surface area (Å²) in [5.41, 5.74) is 7.15. The van der Waals surface area contributed by atoms with Gasteiger partial charge in [0.05, 0.1) is 6.61 Å². The van der Waals surface area contributed by atoms with E-state index in [2.05, 4.69) is 32.9 Å². The number of ether oxygens (including phenoxy) is 1. The predicted octanol–water partition coefficient (Wildman–Crippen LogP) is 3.14. The third-order valence-corrected chi connectivity index (χ3v) is 2.81. The maximum Gasteiger partial charge on any atom is 0.119 e. The summed E-state index contributed by atoms with van der Waals surface area (Å²) < 4.78 is 5.69. The number of nitrogens with two attached hydrogens (primary N) is 1. The summed E-state index contributed by atoms with van der Waals surface area (Å²) in [6.45, 7) is 7.97. The van der Waals surface area contributed by atoms with Crippen molar-refractivity contribution in [1.29, 1.82) is 0 Å². The molecule has 2 N–H and O–H groups in total. The fourth-order valence-electron chi connectivity index (χ4n) is 1.55. The van der Waals surface area contributed by atoms with Crippen molar-refractivity contribution in [2.75, 3.05) is 13.2 Å². The van der Waals surface area contributed by atoms with Gasteiger partial charge in [-0.05, 0) is 49.4 Å². The van der Waals surface area contributed by atoms with Crippen LogP contribution in [0, 0.1) is 12.3 Å². The molecule has 0 atom stereocenters. The van der Waals surface area contributed by atoms with Crippen LogP contribution in [0.1, 0.15) is 32.3 Å². The summed E-state index contributed by atoms with van der Waals surface area (Å²) in [6, 6.07) is 8.16. The third-order valence-electron chi connectivity index (χ3n) is 2.81. The Bertz CT molecular complexity index is 320. The van der Waals surface area contributed by atoms with Crippen LogP contribution in [-0.4, -0.2) is 13.2 Å². The Morgan fingerprint density at radius 2 is 2.06 bits per heavy atom. The highest BCUT2D eigenvalue weighted by Crippen LogP contribution is 2.20. The maximum atomic E-state index is 5.69. The third kappa shape index (κ3) is 4.67. The fourth-order valence-corrected chi connectivity index (χ4v) is 1.55. The van der Waals surface area contributed by atoms with E-state index in [0.717, 1.165) is 31.7 Å². The van der Waals surface area contributed by atoms with E-state index >= 15 is 0 Å². The SMILES string of the molecule is Cc1cccc(OCCCC(C)(C)CN)c1. The molecule has 2 nitrogen and oxygen atoms in total. The summed E-state index contributed by atoms with van der Waals surface area (Å²) >= 11 is 0. The molecule has 0 unspecified atom stereocenters. The highest BCUT2D eigenvalue weighted by atomic mass is 16.5. The van der Waals surface area contributed by atoms with Crippen molar-refractivity contribution in [1.82, 2.24) is 0 Å². The molecule has 0 radical (unpaired) electrons. The molecule has 2 heteroatoms. The lowest BCUT2D eigenvalue weighted by Crippen LogP contribution is -2.23. The molecule has 0 heterocycles. The van der Waals surface area contributed by atoms with Crippen LogP contribution < -0.4 is 10.5 Å². The molecule has 0 amide bonds. The van der Waals surface area contributed by atoms with Crippen molar-refractivity contribution in [3.63, 3.8) is 0 Å². The Labute approximate surface area is 98.8 Å². The van der Waals surface area contributed by atoms with E-state index in [0.29, 0.717) is 0 Å². The van der Waals surface area contributed by atoms with Crippen LogP contribution in [-0.2, 0) is 0 Å². The lowest BCUT2D eigenvalue weighted by molar-refractivity contribution is 0.261. The zero-order valence-electron chi connectivity index (χ0n) is 10.6. The fraction of sp³-hybridized carbons (Fsp3) is 0.571. The van der Waals surface area contributed by atoms with Gasteiger partial charge in [-0.1, -0.05) is 26.0 Å². The van der Waals surface area contributed by atoms with Crippen LogP contribution in [0.25, 0.3) is 0 Å². The number of benzene rings is 1. The molecule has 0 aromatic heterocycles. The van der Waals surface area contributed by atoms with Crippen LogP contribution in [0.5, 0.6) is 5.75 Å². The highest BCUT2D eigenvalue weighted by Gasteiger charge is 2.14. The van der Waals surface area contributed by atoms with Crippen molar-refractivity contribution in [3.8, 4) is 5.75 Å². The van der Waals surface area contributed by atoms with Crippen LogP contribution in [0.3, 0.4) is 0 Å². The van der Waals surface area contributed by atoms with Crippen molar-refractivity contribution >= 4 is 0 Å². The van der Waals surface area contributed by atoms with Crippen molar-refractivity contribution < 1.29 is 4.74 Å². The minimum Gasteiger partial charge on any atom is -0.494 e. The topological polar surface area (TPSA) is 35.2 Å². The zero-order valence-corrected chi connectivity index (χ0v) is 10.6. The first-order chi connectivity index (χ1) is 7.53. The molecule has 0 fully saturated rings. The van der Waals surface area contributed by atoms with Gasteiger partial charge in [0.2, 0.25) is 0 Å². The monoisotopic (exact) mass is 221 g/mol.